The molecule has 0 bridgehead atoms. The summed E-state index contributed by atoms with van der Waals surface area (Å²) >= 11 is 1.46. The zero-order valence-electron chi connectivity index (χ0n) is 15.1. The molecule has 6 nitrogen and oxygen atoms in total. The highest BCUT2D eigenvalue weighted by Crippen LogP contribution is 2.31. The van der Waals surface area contributed by atoms with Crippen molar-refractivity contribution >= 4 is 28.0 Å². The van der Waals surface area contributed by atoms with Gasteiger partial charge in [0.1, 0.15) is 5.56 Å². The van der Waals surface area contributed by atoms with E-state index in [1.54, 1.807) is 23.0 Å². The fourth-order valence-corrected chi connectivity index (χ4v) is 3.82. The summed E-state index contributed by atoms with van der Waals surface area (Å²) in [7, 11) is 0. The Labute approximate surface area is 160 Å². The molecule has 1 amide bonds. The second-order valence-corrected chi connectivity index (χ2v) is 7.47. The van der Waals surface area contributed by atoms with Crippen LogP contribution in [-0.2, 0) is 6.42 Å². The van der Waals surface area contributed by atoms with Crippen LogP contribution in [0.3, 0.4) is 0 Å². The Kier molecular flexibility index (Phi) is 4.68. The molecule has 0 saturated carbocycles. The fourth-order valence-electron chi connectivity index (χ4n) is 2.99. The predicted molar refractivity (Wildman–Crippen MR) is 107 cm³/mol. The monoisotopic (exact) mass is 377 g/mol. The number of aryl methyl sites for hydroxylation is 2. The van der Waals surface area contributed by atoms with E-state index in [0.717, 1.165) is 29.0 Å². The molecule has 3 heterocycles. The van der Waals surface area contributed by atoms with E-state index in [1.807, 2.05) is 6.92 Å². The molecule has 1 aromatic carbocycles. The van der Waals surface area contributed by atoms with Crippen LogP contribution in [0.15, 0.2) is 48.9 Å². The molecular weight excluding hydrogens is 358 g/mol. The molecule has 0 saturated heterocycles. The third-order valence-corrected chi connectivity index (χ3v) is 5.19. The van der Waals surface area contributed by atoms with Crippen molar-refractivity contribution in [3.8, 4) is 11.3 Å². The van der Waals surface area contributed by atoms with Crippen LogP contribution in [-0.4, -0.2) is 25.5 Å². The number of hydrogen-bond donors (Lipinski definition) is 1. The summed E-state index contributed by atoms with van der Waals surface area (Å²) < 4.78 is 1.57. The number of benzene rings is 1. The number of amides is 1. The number of anilines is 1. The highest BCUT2D eigenvalue weighted by atomic mass is 32.1. The van der Waals surface area contributed by atoms with Crippen LogP contribution in [0.2, 0.25) is 0 Å². The van der Waals surface area contributed by atoms with Crippen LogP contribution in [0, 0.1) is 6.92 Å². The third kappa shape index (κ3) is 3.46. The van der Waals surface area contributed by atoms with Crippen LogP contribution in [0.5, 0.6) is 0 Å². The second-order valence-electron chi connectivity index (χ2n) is 6.27. The standard InChI is InChI=1S/C20H19N5OS/c1-3-5-14-6-8-15(9-7-14)17-13(2)27-20(23-17)24-19(26)16-12-22-25-11-4-10-21-18(16)25/h4,6-12H,3,5H2,1-2H3,(H,23,24,26). The number of fused-ring (bicyclic) bond motifs is 1. The molecule has 7 heteroatoms. The van der Waals surface area contributed by atoms with Crippen LogP contribution < -0.4 is 5.32 Å². The maximum atomic E-state index is 12.6. The maximum absolute atomic E-state index is 12.6. The van der Waals surface area contributed by atoms with E-state index < -0.39 is 0 Å². The van der Waals surface area contributed by atoms with Crippen molar-refractivity contribution in [3.63, 3.8) is 0 Å². The van der Waals surface area contributed by atoms with Gasteiger partial charge in [-0.05, 0) is 25.0 Å². The summed E-state index contributed by atoms with van der Waals surface area (Å²) in [5.41, 5.74) is 4.23. The van der Waals surface area contributed by atoms with Gasteiger partial charge in [0.2, 0.25) is 0 Å². The summed E-state index contributed by atoms with van der Waals surface area (Å²) in [6.45, 7) is 4.19. The highest BCUT2D eigenvalue weighted by molar-refractivity contribution is 7.16. The van der Waals surface area contributed by atoms with Gasteiger partial charge in [-0.25, -0.2) is 14.5 Å². The average Bonchev–Trinajstić information content (AvgIpc) is 3.26. The number of carbonyl (C=O) groups excluding carboxylic acids is 1. The van der Waals surface area contributed by atoms with Crippen LogP contribution in [0.1, 0.15) is 34.1 Å². The van der Waals surface area contributed by atoms with Crippen LogP contribution in [0.4, 0.5) is 5.13 Å². The Morgan fingerprint density at radius 3 is 2.85 bits per heavy atom. The summed E-state index contributed by atoms with van der Waals surface area (Å²) in [4.78, 5) is 22.5. The number of aromatic nitrogens is 4. The lowest BCUT2D eigenvalue weighted by Gasteiger charge is -2.02. The molecule has 0 unspecified atom stereocenters. The largest absolute Gasteiger partial charge is 0.298 e. The summed E-state index contributed by atoms with van der Waals surface area (Å²) in [5.74, 6) is -0.262. The number of carbonyl (C=O) groups is 1. The Balaban J connectivity index is 1.57. The predicted octanol–water partition coefficient (Wildman–Crippen LogP) is 4.37. The minimum Gasteiger partial charge on any atom is -0.298 e. The van der Waals surface area contributed by atoms with Gasteiger partial charge < -0.3 is 0 Å². The van der Waals surface area contributed by atoms with Gasteiger partial charge in [0, 0.05) is 22.8 Å². The Morgan fingerprint density at radius 1 is 1.26 bits per heavy atom. The lowest BCUT2D eigenvalue weighted by Crippen LogP contribution is -2.11. The fraction of sp³-hybridized carbons (Fsp3) is 0.200. The first-order valence-electron chi connectivity index (χ1n) is 8.82. The van der Waals surface area contributed by atoms with Gasteiger partial charge in [-0.3, -0.25) is 10.1 Å². The van der Waals surface area contributed by atoms with Gasteiger partial charge in [-0.1, -0.05) is 37.6 Å². The van der Waals surface area contributed by atoms with E-state index in [-0.39, 0.29) is 5.91 Å². The number of nitrogens with zero attached hydrogens (tertiary/aromatic N) is 4. The Morgan fingerprint density at radius 2 is 2.07 bits per heavy atom. The first-order chi connectivity index (χ1) is 13.2. The summed E-state index contributed by atoms with van der Waals surface area (Å²) in [6.07, 6.45) is 7.12. The lowest BCUT2D eigenvalue weighted by atomic mass is 10.1. The number of nitrogens with one attached hydrogen (secondary N) is 1. The van der Waals surface area contributed by atoms with Crippen LogP contribution >= 0.6 is 11.3 Å². The second kappa shape index (κ2) is 7.28. The van der Waals surface area contributed by atoms with E-state index in [1.165, 1.54) is 23.1 Å². The van der Waals surface area contributed by atoms with Gasteiger partial charge in [-0.2, -0.15) is 5.10 Å². The molecular formula is C20H19N5OS. The molecule has 3 aromatic heterocycles. The number of rotatable bonds is 5. The molecule has 0 aliphatic carbocycles. The topological polar surface area (TPSA) is 72.2 Å². The molecule has 27 heavy (non-hydrogen) atoms. The van der Waals surface area contributed by atoms with Crippen molar-refractivity contribution in [2.45, 2.75) is 26.7 Å². The molecule has 1 N–H and O–H groups in total. The molecule has 0 spiro atoms. The van der Waals surface area contributed by atoms with Gasteiger partial charge in [0.15, 0.2) is 10.8 Å². The van der Waals surface area contributed by atoms with Gasteiger partial charge >= 0.3 is 0 Å². The van der Waals surface area contributed by atoms with E-state index in [0.29, 0.717) is 16.3 Å². The van der Waals surface area contributed by atoms with Crippen molar-refractivity contribution in [3.05, 3.63) is 64.9 Å². The molecule has 0 aliphatic heterocycles. The van der Waals surface area contributed by atoms with Crippen molar-refractivity contribution in [1.29, 1.82) is 0 Å². The number of thiazole rings is 1. The highest BCUT2D eigenvalue weighted by Gasteiger charge is 2.17. The van der Waals surface area contributed by atoms with Gasteiger partial charge in [-0.15, -0.1) is 11.3 Å². The molecule has 0 radical (unpaired) electrons. The SMILES string of the molecule is CCCc1ccc(-c2nc(NC(=O)c3cnn4cccnc34)sc2C)cc1. The molecule has 0 aliphatic rings. The molecule has 4 aromatic rings. The first kappa shape index (κ1) is 17.4. The molecule has 136 valence electrons. The van der Waals surface area contributed by atoms with Crippen molar-refractivity contribution in [2.75, 3.05) is 5.32 Å². The van der Waals surface area contributed by atoms with Crippen molar-refractivity contribution in [1.82, 2.24) is 19.6 Å². The smallest absolute Gasteiger partial charge is 0.262 e. The molecule has 0 atom stereocenters. The summed E-state index contributed by atoms with van der Waals surface area (Å²) in [6, 6.07) is 10.2. The maximum Gasteiger partial charge on any atom is 0.262 e. The minimum absolute atomic E-state index is 0.262. The van der Waals surface area contributed by atoms with E-state index in [4.69, 9.17) is 0 Å². The van der Waals surface area contributed by atoms with Gasteiger partial charge in [0.25, 0.3) is 5.91 Å². The normalized spacial score (nSPS) is 11.0. The zero-order valence-corrected chi connectivity index (χ0v) is 16.0. The van der Waals surface area contributed by atoms with Crippen molar-refractivity contribution < 1.29 is 4.79 Å². The average molecular weight is 377 g/mol. The minimum atomic E-state index is -0.262. The van der Waals surface area contributed by atoms with E-state index in [9.17, 15) is 4.79 Å². The zero-order chi connectivity index (χ0) is 18.8. The molecule has 4 rings (SSSR count). The lowest BCUT2D eigenvalue weighted by molar-refractivity contribution is 0.102. The van der Waals surface area contributed by atoms with Crippen molar-refractivity contribution in [2.24, 2.45) is 0 Å². The molecule has 0 fully saturated rings. The first-order valence-corrected chi connectivity index (χ1v) is 9.64. The third-order valence-electron chi connectivity index (χ3n) is 4.31. The Hall–Kier alpha value is -3.06. The number of hydrogen-bond acceptors (Lipinski definition) is 5. The Bertz CT molecular complexity index is 1100. The van der Waals surface area contributed by atoms with E-state index >= 15 is 0 Å². The van der Waals surface area contributed by atoms with E-state index in [2.05, 4.69) is 51.6 Å². The quantitative estimate of drug-likeness (QED) is 0.561. The van der Waals surface area contributed by atoms with Gasteiger partial charge in [0.05, 0.1) is 11.9 Å². The summed E-state index contributed by atoms with van der Waals surface area (Å²) in [5, 5.41) is 7.60. The van der Waals surface area contributed by atoms with Crippen LogP contribution in [0.25, 0.3) is 16.9 Å².